The quantitative estimate of drug-likeness (QED) is 0.838. The zero-order chi connectivity index (χ0) is 14.0. The first-order valence-corrected chi connectivity index (χ1v) is 7.80. The van der Waals surface area contributed by atoms with Crippen molar-refractivity contribution >= 4 is 0 Å². The Morgan fingerprint density at radius 1 is 1.29 bits per heavy atom. The van der Waals surface area contributed by atoms with Gasteiger partial charge in [0.1, 0.15) is 0 Å². The molecule has 108 valence electrons. The summed E-state index contributed by atoms with van der Waals surface area (Å²) in [6, 6.07) is 8.82. The molecule has 3 aliphatic rings. The lowest BCUT2D eigenvalue weighted by molar-refractivity contribution is -0.0179. The maximum atomic E-state index is 10.9. The summed E-state index contributed by atoms with van der Waals surface area (Å²) in [4.78, 5) is 4.33. The number of nitrogens with zero attached hydrogens (tertiary/aromatic N) is 2. The van der Waals surface area contributed by atoms with Crippen LogP contribution in [-0.2, 0) is 0 Å². The summed E-state index contributed by atoms with van der Waals surface area (Å²) in [6.45, 7) is 1.94. The third-order valence-electron chi connectivity index (χ3n) is 5.89. The smallest absolute Gasteiger partial charge is 0.0956 e. The second-order valence-corrected chi connectivity index (χ2v) is 6.83. The number of imidazole rings is 1. The standard InChI is InChI=1S/C17H19N3O/c21-16-13(5-6-17(16)8-19-9-17)15-12-4-2-1-3-11(12)14-7-18-10-20(14)15/h1-4,7,10,13,15-16,19,21H,5-6,8-9H2/t13-,15+,16-/m1/s1. The predicted molar refractivity (Wildman–Crippen MR) is 79.8 cm³/mol. The van der Waals surface area contributed by atoms with E-state index >= 15 is 0 Å². The van der Waals surface area contributed by atoms with Crippen molar-refractivity contribution in [3.8, 4) is 11.3 Å². The first-order valence-electron chi connectivity index (χ1n) is 7.80. The molecule has 4 heteroatoms. The molecule has 4 nitrogen and oxygen atoms in total. The number of rotatable bonds is 1. The Labute approximate surface area is 123 Å². The number of fused-ring (bicyclic) bond motifs is 3. The van der Waals surface area contributed by atoms with E-state index < -0.39 is 0 Å². The Balaban J connectivity index is 1.61. The van der Waals surface area contributed by atoms with E-state index in [1.807, 2.05) is 12.5 Å². The molecule has 5 rings (SSSR count). The minimum absolute atomic E-state index is 0.128. The highest BCUT2D eigenvalue weighted by molar-refractivity contribution is 5.69. The molecule has 1 aromatic carbocycles. The highest BCUT2D eigenvalue weighted by Gasteiger charge is 2.54. The zero-order valence-electron chi connectivity index (χ0n) is 11.9. The largest absolute Gasteiger partial charge is 0.392 e. The number of hydrogen-bond donors (Lipinski definition) is 2. The van der Waals surface area contributed by atoms with E-state index in [1.165, 1.54) is 16.8 Å². The van der Waals surface area contributed by atoms with Crippen LogP contribution in [0.5, 0.6) is 0 Å². The molecule has 0 unspecified atom stereocenters. The van der Waals surface area contributed by atoms with Crippen LogP contribution in [0.25, 0.3) is 11.3 Å². The predicted octanol–water partition coefficient (Wildman–Crippen LogP) is 1.81. The SMILES string of the molecule is O[C@@H]1[C@@H]([C@@H]2c3ccccc3-c3cncn32)CCC12CNC2. The normalized spacial score (nSPS) is 32.0. The van der Waals surface area contributed by atoms with Crippen LogP contribution >= 0.6 is 0 Å². The van der Waals surface area contributed by atoms with Gasteiger partial charge in [-0.15, -0.1) is 0 Å². The van der Waals surface area contributed by atoms with Crippen LogP contribution in [0.3, 0.4) is 0 Å². The molecule has 1 aromatic heterocycles. The summed E-state index contributed by atoms with van der Waals surface area (Å²) in [5.41, 5.74) is 3.95. The fraction of sp³-hybridized carbons (Fsp3) is 0.471. The number of aliphatic hydroxyl groups is 1. The lowest BCUT2D eigenvalue weighted by Crippen LogP contribution is -2.58. The highest BCUT2D eigenvalue weighted by Crippen LogP contribution is 2.53. The molecule has 1 aliphatic carbocycles. The first kappa shape index (κ1) is 12.0. The number of benzene rings is 1. The van der Waals surface area contributed by atoms with Gasteiger partial charge in [0, 0.05) is 30.0 Å². The van der Waals surface area contributed by atoms with Crippen molar-refractivity contribution in [3.63, 3.8) is 0 Å². The van der Waals surface area contributed by atoms with Crippen molar-refractivity contribution in [1.29, 1.82) is 0 Å². The van der Waals surface area contributed by atoms with E-state index in [9.17, 15) is 5.11 Å². The van der Waals surface area contributed by atoms with Crippen LogP contribution < -0.4 is 5.32 Å². The average molecular weight is 281 g/mol. The number of aliphatic hydroxyl groups excluding tert-OH is 1. The summed E-state index contributed by atoms with van der Waals surface area (Å²) in [5.74, 6) is 0.295. The van der Waals surface area contributed by atoms with Gasteiger partial charge in [-0.1, -0.05) is 24.3 Å². The van der Waals surface area contributed by atoms with Crippen LogP contribution in [0.4, 0.5) is 0 Å². The molecule has 1 spiro atoms. The summed E-state index contributed by atoms with van der Waals surface area (Å²) in [5, 5.41) is 14.3. The molecular formula is C17H19N3O. The molecule has 2 N–H and O–H groups in total. The van der Waals surface area contributed by atoms with E-state index in [4.69, 9.17) is 0 Å². The maximum absolute atomic E-state index is 10.9. The molecule has 3 atom stereocenters. The zero-order valence-corrected chi connectivity index (χ0v) is 11.9. The molecule has 2 fully saturated rings. The van der Waals surface area contributed by atoms with Gasteiger partial charge in [-0.2, -0.15) is 0 Å². The van der Waals surface area contributed by atoms with Crippen molar-refractivity contribution in [1.82, 2.24) is 14.9 Å². The van der Waals surface area contributed by atoms with Crippen LogP contribution in [-0.4, -0.2) is 33.9 Å². The summed E-state index contributed by atoms with van der Waals surface area (Å²) in [7, 11) is 0. The van der Waals surface area contributed by atoms with Gasteiger partial charge in [0.05, 0.1) is 30.4 Å². The fourth-order valence-corrected chi connectivity index (χ4v) is 4.69. The van der Waals surface area contributed by atoms with Gasteiger partial charge in [0.25, 0.3) is 0 Å². The molecule has 0 amide bonds. The van der Waals surface area contributed by atoms with Crippen LogP contribution in [0.1, 0.15) is 24.4 Å². The van der Waals surface area contributed by atoms with E-state index in [2.05, 4.69) is 39.1 Å². The molecule has 2 aromatic rings. The number of hydrogen-bond acceptors (Lipinski definition) is 3. The van der Waals surface area contributed by atoms with Gasteiger partial charge < -0.3 is 15.0 Å². The number of aromatic nitrogens is 2. The van der Waals surface area contributed by atoms with E-state index in [0.29, 0.717) is 5.92 Å². The Kier molecular flexibility index (Phi) is 2.25. The van der Waals surface area contributed by atoms with Crippen molar-refractivity contribution in [2.24, 2.45) is 11.3 Å². The second kappa shape index (κ2) is 3.96. The Bertz CT molecular complexity index is 704. The minimum atomic E-state index is -0.217. The van der Waals surface area contributed by atoms with Crippen molar-refractivity contribution in [2.75, 3.05) is 13.1 Å². The van der Waals surface area contributed by atoms with Gasteiger partial charge in [-0.3, -0.25) is 0 Å². The van der Waals surface area contributed by atoms with E-state index in [0.717, 1.165) is 25.9 Å². The minimum Gasteiger partial charge on any atom is -0.392 e. The molecule has 2 aliphatic heterocycles. The average Bonchev–Trinajstić information content (AvgIpc) is 3.11. The monoisotopic (exact) mass is 281 g/mol. The topological polar surface area (TPSA) is 50.1 Å². The summed E-state index contributed by atoms with van der Waals surface area (Å²) >= 11 is 0. The fourth-order valence-electron chi connectivity index (χ4n) is 4.69. The van der Waals surface area contributed by atoms with Gasteiger partial charge in [0.2, 0.25) is 0 Å². The number of nitrogens with one attached hydrogen (secondary N) is 1. The first-order chi connectivity index (χ1) is 10.3. The Hall–Kier alpha value is -1.65. The van der Waals surface area contributed by atoms with Gasteiger partial charge in [-0.25, -0.2) is 4.98 Å². The molecule has 1 saturated heterocycles. The molecule has 21 heavy (non-hydrogen) atoms. The molecule has 3 heterocycles. The van der Waals surface area contributed by atoms with E-state index in [-0.39, 0.29) is 17.6 Å². The van der Waals surface area contributed by atoms with Gasteiger partial charge >= 0.3 is 0 Å². The second-order valence-electron chi connectivity index (χ2n) is 6.83. The van der Waals surface area contributed by atoms with Crippen molar-refractivity contribution < 1.29 is 5.11 Å². The molecule has 0 radical (unpaired) electrons. The molecular weight excluding hydrogens is 262 g/mol. The lowest BCUT2D eigenvalue weighted by atomic mass is 9.75. The highest BCUT2D eigenvalue weighted by atomic mass is 16.3. The maximum Gasteiger partial charge on any atom is 0.0956 e. The third kappa shape index (κ3) is 1.39. The van der Waals surface area contributed by atoms with Gasteiger partial charge in [0.15, 0.2) is 0 Å². The lowest BCUT2D eigenvalue weighted by Gasteiger charge is -2.43. The molecule has 1 saturated carbocycles. The van der Waals surface area contributed by atoms with Crippen molar-refractivity contribution in [2.45, 2.75) is 25.0 Å². The Morgan fingerprint density at radius 2 is 2.14 bits per heavy atom. The summed E-state index contributed by atoms with van der Waals surface area (Å²) in [6.07, 6.45) is 5.89. The van der Waals surface area contributed by atoms with E-state index in [1.54, 1.807) is 0 Å². The third-order valence-corrected chi connectivity index (χ3v) is 5.89. The van der Waals surface area contributed by atoms with Crippen molar-refractivity contribution in [3.05, 3.63) is 42.4 Å². The summed E-state index contributed by atoms with van der Waals surface area (Å²) < 4.78 is 2.27. The van der Waals surface area contributed by atoms with Crippen LogP contribution in [0, 0.1) is 11.3 Å². The van der Waals surface area contributed by atoms with Gasteiger partial charge in [-0.05, 0) is 18.4 Å². The Morgan fingerprint density at radius 3 is 2.90 bits per heavy atom. The molecule has 0 bridgehead atoms. The van der Waals surface area contributed by atoms with Crippen LogP contribution in [0.2, 0.25) is 0 Å². The van der Waals surface area contributed by atoms with Crippen LogP contribution in [0.15, 0.2) is 36.8 Å².